The van der Waals surface area contributed by atoms with Crippen molar-refractivity contribution in [1.29, 1.82) is 0 Å². The molecule has 0 bridgehead atoms. The van der Waals surface area contributed by atoms with Crippen LogP contribution in [0, 0.1) is 6.92 Å². The number of benzene rings is 1. The van der Waals surface area contributed by atoms with Crippen LogP contribution in [0.15, 0.2) is 24.3 Å². The van der Waals surface area contributed by atoms with Gasteiger partial charge in [-0.15, -0.1) is 0 Å². The van der Waals surface area contributed by atoms with E-state index in [1.165, 1.54) is 25.1 Å². The van der Waals surface area contributed by atoms with Gasteiger partial charge in [-0.05, 0) is 31.5 Å². The third kappa shape index (κ3) is 6.55. The molecule has 29 heavy (non-hydrogen) atoms. The Hall–Kier alpha value is -2.43. The van der Waals surface area contributed by atoms with Gasteiger partial charge in [0.15, 0.2) is 12.3 Å². The molecule has 0 aliphatic carbocycles. The lowest BCUT2D eigenvalue weighted by molar-refractivity contribution is -0.153. The number of amides is 1. The summed E-state index contributed by atoms with van der Waals surface area (Å²) in [5.41, 5.74) is -0.932. The van der Waals surface area contributed by atoms with Crippen LogP contribution in [-0.2, 0) is 12.7 Å². The molecule has 0 fully saturated rings. The van der Waals surface area contributed by atoms with Gasteiger partial charge in [0.05, 0.1) is 10.7 Å². The van der Waals surface area contributed by atoms with Gasteiger partial charge in [0.1, 0.15) is 5.75 Å². The minimum absolute atomic E-state index is 0.0800. The maximum absolute atomic E-state index is 12.8. The summed E-state index contributed by atoms with van der Waals surface area (Å²) in [5.74, 6) is -0.676. The summed E-state index contributed by atoms with van der Waals surface area (Å²) in [7, 11) is 0. The molecule has 1 aromatic heterocycles. The van der Waals surface area contributed by atoms with Crippen LogP contribution in [0.1, 0.15) is 28.2 Å². The summed E-state index contributed by atoms with van der Waals surface area (Å²) in [5, 5.41) is 5.50. The maximum atomic E-state index is 12.8. The average Bonchev–Trinajstić information content (AvgIpc) is 2.91. The third-order valence-electron chi connectivity index (χ3n) is 3.73. The van der Waals surface area contributed by atoms with Gasteiger partial charge >= 0.3 is 12.4 Å². The Morgan fingerprint density at radius 3 is 2.52 bits per heavy atom. The molecule has 12 heteroatoms. The van der Waals surface area contributed by atoms with Gasteiger partial charge in [-0.2, -0.15) is 31.4 Å². The van der Waals surface area contributed by atoms with Crippen molar-refractivity contribution in [2.24, 2.45) is 0 Å². The molecule has 0 atom stereocenters. The molecule has 0 unspecified atom stereocenters. The molecule has 1 heterocycles. The zero-order chi connectivity index (χ0) is 21.8. The molecule has 0 spiro atoms. The molecule has 1 N–H and O–H groups in total. The zero-order valence-corrected chi connectivity index (χ0v) is 15.8. The van der Waals surface area contributed by atoms with Crippen LogP contribution in [0.2, 0.25) is 5.02 Å². The number of ether oxygens (including phenoxy) is 1. The van der Waals surface area contributed by atoms with Crippen molar-refractivity contribution in [1.82, 2.24) is 15.1 Å². The first-order valence-electron chi connectivity index (χ1n) is 8.26. The molecular weight excluding hydrogens is 428 g/mol. The van der Waals surface area contributed by atoms with Crippen LogP contribution < -0.4 is 10.1 Å². The Balaban J connectivity index is 1.88. The Bertz CT molecular complexity index is 864. The molecule has 0 saturated heterocycles. The first kappa shape index (κ1) is 22.9. The van der Waals surface area contributed by atoms with E-state index in [4.69, 9.17) is 11.6 Å². The number of aryl methyl sites for hydroxylation is 1. The largest absolute Gasteiger partial charge is 0.484 e. The van der Waals surface area contributed by atoms with Crippen LogP contribution in [0.3, 0.4) is 0 Å². The van der Waals surface area contributed by atoms with Crippen molar-refractivity contribution in [2.75, 3.05) is 13.2 Å². The number of carbonyl (C=O) groups is 1. The summed E-state index contributed by atoms with van der Waals surface area (Å²) in [6.45, 7) is 0.0980. The van der Waals surface area contributed by atoms with E-state index >= 15 is 0 Å². The summed E-state index contributed by atoms with van der Waals surface area (Å²) in [4.78, 5) is 12.1. The van der Waals surface area contributed by atoms with Crippen molar-refractivity contribution in [3.8, 4) is 5.75 Å². The fourth-order valence-corrected chi connectivity index (χ4v) is 2.59. The molecule has 5 nitrogen and oxygen atoms in total. The number of rotatable bonds is 7. The average molecular weight is 444 g/mol. The number of nitrogens with zero attached hydrogens (tertiary/aromatic N) is 2. The Kier molecular flexibility index (Phi) is 7.04. The lowest BCUT2D eigenvalue weighted by Crippen LogP contribution is -2.25. The SMILES string of the molecule is Cc1c(Cl)c(C(F)(F)F)nn1CCCNC(=O)c1cccc(OCC(F)(F)F)c1. The van der Waals surface area contributed by atoms with Crippen LogP contribution in [0.25, 0.3) is 0 Å². The summed E-state index contributed by atoms with van der Waals surface area (Å²) in [6.07, 6.45) is -8.91. The van der Waals surface area contributed by atoms with Crippen LogP contribution >= 0.6 is 11.6 Å². The van der Waals surface area contributed by atoms with Crippen LogP contribution in [0.4, 0.5) is 26.3 Å². The molecule has 0 radical (unpaired) electrons. The standard InChI is InChI=1S/C17H16ClF6N3O2/c1-10-13(18)14(17(22,23)24)26-27(10)7-3-6-25-15(28)11-4-2-5-12(8-11)29-9-16(19,20)21/h2,4-5,8H,3,6-7,9H2,1H3,(H,25,28). The maximum Gasteiger partial charge on any atom is 0.436 e. The van der Waals surface area contributed by atoms with Crippen molar-refractivity contribution in [2.45, 2.75) is 32.2 Å². The normalized spacial score (nSPS) is 12.1. The highest BCUT2D eigenvalue weighted by molar-refractivity contribution is 6.31. The van der Waals surface area contributed by atoms with Crippen LogP contribution in [0.5, 0.6) is 5.75 Å². The molecule has 0 aliphatic rings. The van der Waals surface area contributed by atoms with Gasteiger partial charge in [-0.3, -0.25) is 9.48 Å². The quantitative estimate of drug-likeness (QED) is 0.501. The van der Waals surface area contributed by atoms with Crippen molar-refractivity contribution in [3.05, 3.63) is 46.2 Å². The molecular formula is C17H16ClF6N3O2. The predicted molar refractivity (Wildman–Crippen MR) is 91.9 cm³/mol. The molecule has 0 saturated carbocycles. The molecule has 1 aromatic carbocycles. The van der Waals surface area contributed by atoms with Crippen molar-refractivity contribution < 1.29 is 35.9 Å². The fourth-order valence-electron chi connectivity index (χ4n) is 2.35. The van der Waals surface area contributed by atoms with E-state index in [2.05, 4.69) is 15.2 Å². The second kappa shape index (κ2) is 8.93. The van der Waals surface area contributed by atoms with Crippen molar-refractivity contribution >= 4 is 17.5 Å². The minimum Gasteiger partial charge on any atom is -0.484 e. The van der Waals surface area contributed by atoms with E-state index in [0.717, 1.165) is 10.7 Å². The molecule has 160 valence electrons. The number of alkyl halides is 6. The number of hydrogen-bond acceptors (Lipinski definition) is 3. The number of nitrogens with one attached hydrogen (secondary N) is 1. The van der Waals surface area contributed by atoms with Gasteiger partial charge in [0.2, 0.25) is 0 Å². The van der Waals surface area contributed by atoms with Crippen molar-refractivity contribution in [3.63, 3.8) is 0 Å². The summed E-state index contributed by atoms with van der Waals surface area (Å²) >= 11 is 5.66. The lowest BCUT2D eigenvalue weighted by Gasteiger charge is -2.10. The molecule has 1 amide bonds. The minimum atomic E-state index is -4.67. The lowest BCUT2D eigenvalue weighted by atomic mass is 10.2. The topological polar surface area (TPSA) is 56.2 Å². The van der Waals surface area contributed by atoms with Gasteiger partial charge in [0, 0.05) is 18.7 Å². The monoisotopic (exact) mass is 443 g/mol. The number of hydrogen-bond donors (Lipinski definition) is 1. The first-order valence-corrected chi connectivity index (χ1v) is 8.64. The Morgan fingerprint density at radius 2 is 1.93 bits per heavy atom. The predicted octanol–water partition coefficient (Wildman–Crippen LogP) is 4.62. The van der Waals surface area contributed by atoms with E-state index in [-0.39, 0.29) is 36.5 Å². The van der Waals surface area contributed by atoms with E-state index in [1.54, 1.807) is 0 Å². The highest BCUT2D eigenvalue weighted by Crippen LogP contribution is 2.35. The number of carbonyl (C=O) groups excluding carboxylic acids is 1. The van der Waals surface area contributed by atoms with Gasteiger partial charge in [0.25, 0.3) is 5.91 Å². The van der Waals surface area contributed by atoms with E-state index in [9.17, 15) is 31.1 Å². The van der Waals surface area contributed by atoms with E-state index < -0.39 is 35.6 Å². The molecule has 2 aromatic rings. The van der Waals surface area contributed by atoms with Crippen LogP contribution in [-0.4, -0.2) is 35.0 Å². The van der Waals surface area contributed by atoms with Gasteiger partial charge < -0.3 is 10.1 Å². The molecule has 2 rings (SSSR count). The summed E-state index contributed by atoms with van der Waals surface area (Å²) in [6, 6.07) is 5.20. The smallest absolute Gasteiger partial charge is 0.436 e. The number of halogens is 7. The highest BCUT2D eigenvalue weighted by atomic mass is 35.5. The fraction of sp³-hybridized carbons (Fsp3) is 0.412. The third-order valence-corrected chi connectivity index (χ3v) is 4.19. The Morgan fingerprint density at radius 1 is 1.24 bits per heavy atom. The van der Waals surface area contributed by atoms with Gasteiger partial charge in [-0.1, -0.05) is 17.7 Å². The highest BCUT2D eigenvalue weighted by Gasteiger charge is 2.38. The van der Waals surface area contributed by atoms with E-state index in [0.29, 0.717) is 0 Å². The zero-order valence-electron chi connectivity index (χ0n) is 15.0. The van der Waals surface area contributed by atoms with Gasteiger partial charge in [-0.25, -0.2) is 0 Å². The second-order valence-electron chi connectivity index (χ2n) is 6.01. The summed E-state index contributed by atoms with van der Waals surface area (Å²) < 4.78 is 80.6. The molecule has 0 aliphatic heterocycles. The first-order chi connectivity index (χ1) is 13.4. The Labute approximate surface area is 166 Å². The van der Waals surface area contributed by atoms with E-state index in [1.807, 2.05) is 0 Å². The number of aromatic nitrogens is 2. The second-order valence-corrected chi connectivity index (χ2v) is 6.39.